The molecule has 2 aromatic heterocycles. The van der Waals surface area contributed by atoms with E-state index in [0.29, 0.717) is 33.5 Å². The third kappa shape index (κ3) is 5.29. The van der Waals surface area contributed by atoms with Crippen molar-refractivity contribution in [1.29, 1.82) is 0 Å². The third-order valence-electron chi connectivity index (χ3n) is 5.19. The van der Waals surface area contributed by atoms with Crippen molar-refractivity contribution in [3.8, 4) is 34.3 Å². The highest BCUT2D eigenvalue weighted by atomic mass is 32.2. The van der Waals surface area contributed by atoms with E-state index in [4.69, 9.17) is 0 Å². The largest absolute Gasteiger partial charge is 0.493 e. The second-order valence-electron chi connectivity index (χ2n) is 7.35. The molecule has 0 atom stereocenters. The monoisotopic (exact) mass is 532 g/mol. The van der Waals surface area contributed by atoms with E-state index in [1.54, 1.807) is 36.8 Å². The maximum absolute atomic E-state index is 13.7. The van der Waals surface area contributed by atoms with Crippen LogP contribution in [0.3, 0.4) is 0 Å². The summed E-state index contributed by atoms with van der Waals surface area (Å²) in [5, 5.41) is 27.3. The molecule has 0 aliphatic heterocycles. The molecule has 2 heterocycles. The van der Waals surface area contributed by atoms with Gasteiger partial charge < -0.3 is 10.2 Å². The van der Waals surface area contributed by atoms with Crippen LogP contribution in [0, 0.1) is 11.6 Å². The summed E-state index contributed by atoms with van der Waals surface area (Å²) >= 11 is 2.60. The molecule has 2 aromatic carbocycles. The van der Waals surface area contributed by atoms with Crippen LogP contribution in [0.1, 0.15) is 20.7 Å². The quantitative estimate of drug-likeness (QED) is 0.266. The number of hydrogen-bond donors (Lipinski definition) is 2. The van der Waals surface area contributed by atoms with Gasteiger partial charge in [0.25, 0.3) is 0 Å². The Kier molecular flexibility index (Phi) is 8.53. The van der Waals surface area contributed by atoms with Crippen molar-refractivity contribution < 1.29 is 28.6 Å². The second-order valence-corrected chi connectivity index (χ2v) is 9.05. The number of rotatable bonds is 6. The summed E-state index contributed by atoms with van der Waals surface area (Å²) < 4.78 is 29.7. The molecular formula is C24H22F2N4O4S2. The minimum Gasteiger partial charge on any atom is -0.493 e. The lowest BCUT2D eigenvalue weighted by atomic mass is 10.1. The molecule has 0 fully saturated rings. The first-order chi connectivity index (χ1) is 17.2. The highest BCUT2D eigenvalue weighted by Gasteiger charge is 2.18. The Labute approximate surface area is 214 Å². The number of thioether (sulfide) groups is 2. The maximum atomic E-state index is 13.7. The van der Waals surface area contributed by atoms with Crippen LogP contribution in [0.4, 0.5) is 8.78 Å². The molecule has 36 heavy (non-hydrogen) atoms. The number of aryl methyl sites for hydroxylation is 2. The molecule has 0 saturated heterocycles. The third-order valence-corrected chi connectivity index (χ3v) is 6.73. The van der Waals surface area contributed by atoms with Crippen LogP contribution in [0.2, 0.25) is 0 Å². The first-order valence-electron chi connectivity index (χ1n) is 10.3. The van der Waals surface area contributed by atoms with Gasteiger partial charge in [0.15, 0.2) is 12.6 Å². The van der Waals surface area contributed by atoms with Crippen molar-refractivity contribution in [2.24, 2.45) is 14.1 Å². The van der Waals surface area contributed by atoms with Crippen LogP contribution in [0.15, 0.2) is 46.2 Å². The van der Waals surface area contributed by atoms with E-state index in [1.165, 1.54) is 59.1 Å². The molecule has 0 bridgehead atoms. The lowest BCUT2D eigenvalue weighted by Crippen LogP contribution is -1.90. The summed E-state index contributed by atoms with van der Waals surface area (Å²) in [5.41, 5.74) is 1.60. The number of aldehydes is 2. The molecule has 0 amide bonds. The van der Waals surface area contributed by atoms with Gasteiger partial charge in [-0.3, -0.25) is 9.59 Å². The van der Waals surface area contributed by atoms with E-state index in [1.807, 2.05) is 0 Å². The van der Waals surface area contributed by atoms with Crippen LogP contribution < -0.4 is 0 Å². The van der Waals surface area contributed by atoms with Crippen LogP contribution in [0.25, 0.3) is 22.5 Å². The topological polar surface area (TPSA) is 110 Å². The number of aromatic hydroxyl groups is 2. The number of nitrogens with zero attached hydrogens (tertiary/aromatic N) is 4. The lowest BCUT2D eigenvalue weighted by molar-refractivity contribution is 0.111. The van der Waals surface area contributed by atoms with Crippen molar-refractivity contribution in [2.75, 3.05) is 12.5 Å². The standard InChI is InChI=1S/2C12H11FN2O2S/c2*1-15-12(17)8(6-16)11(14-15)7-3-4-10(18-2)9(13)5-7/h2*3-6,17H,1-2H3. The maximum Gasteiger partial charge on any atom is 0.220 e. The SMILES string of the molecule is CSc1ccc(-c2nn(C)c(O)c2C=O)cc1F.CSc1ccc(-c2nn(C)c(O)c2C=O)cc1F. The van der Waals surface area contributed by atoms with Gasteiger partial charge >= 0.3 is 0 Å². The fourth-order valence-electron chi connectivity index (χ4n) is 3.33. The number of hydrogen-bond acceptors (Lipinski definition) is 8. The highest BCUT2D eigenvalue weighted by molar-refractivity contribution is 7.98. The van der Waals surface area contributed by atoms with Crippen LogP contribution >= 0.6 is 23.5 Å². The van der Waals surface area contributed by atoms with Gasteiger partial charge in [-0.1, -0.05) is 12.1 Å². The summed E-state index contributed by atoms with van der Waals surface area (Å²) in [4.78, 5) is 22.9. The van der Waals surface area contributed by atoms with Gasteiger partial charge in [-0.05, 0) is 36.8 Å². The van der Waals surface area contributed by atoms with Crippen molar-refractivity contribution in [3.05, 3.63) is 59.2 Å². The molecule has 4 rings (SSSR count). The smallest absolute Gasteiger partial charge is 0.220 e. The Morgan fingerprint density at radius 3 is 1.39 bits per heavy atom. The Hall–Kier alpha value is -3.64. The zero-order valence-corrected chi connectivity index (χ0v) is 21.3. The van der Waals surface area contributed by atoms with Crippen molar-refractivity contribution >= 4 is 36.1 Å². The Morgan fingerprint density at radius 2 is 1.11 bits per heavy atom. The Bertz CT molecular complexity index is 1330. The summed E-state index contributed by atoms with van der Waals surface area (Å²) in [6.45, 7) is 0. The molecule has 2 N–H and O–H groups in total. The van der Waals surface area contributed by atoms with Gasteiger partial charge in [-0.15, -0.1) is 23.5 Å². The first-order valence-corrected chi connectivity index (χ1v) is 12.7. The van der Waals surface area contributed by atoms with E-state index >= 15 is 0 Å². The predicted octanol–water partition coefficient (Wildman–Crippen LogP) is 4.93. The number of carbonyl (C=O) groups is 2. The molecule has 0 spiro atoms. The molecular weight excluding hydrogens is 510 g/mol. The van der Waals surface area contributed by atoms with Crippen LogP contribution in [-0.2, 0) is 14.1 Å². The van der Waals surface area contributed by atoms with Gasteiger partial charge in [0, 0.05) is 35.0 Å². The van der Waals surface area contributed by atoms with Crippen molar-refractivity contribution in [3.63, 3.8) is 0 Å². The Balaban J connectivity index is 0.000000201. The molecule has 12 heteroatoms. The summed E-state index contributed by atoms with van der Waals surface area (Å²) in [7, 11) is 3.02. The lowest BCUT2D eigenvalue weighted by Gasteiger charge is -2.02. The normalized spacial score (nSPS) is 10.6. The number of aromatic nitrogens is 4. The zero-order chi connectivity index (χ0) is 26.6. The van der Waals surface area contributed by atoms with Gasteiger partial charge in [0.1, 0.15) is 34.1 Å². The van der Waals surface area contributed by atoms with Crippen LogP contribution in [-0.4, -0.2) is 54.9 Å². The summed E-state index contributed by atoms with van der Waals surface area (Å²) in [6, 6.07) is 9.19. The molecule has 0 aliphatic rings. The average molecular weight is 533 g/mol. The van der Waals surface area contributed by atoms with E-state index < -0.39 is 0 Å². The predicted molar refractivity (Wildman–Crippen MR) is 135 cm³/mol. The summed E-state index contributed by atoms with van der Waals surface area (Å²) in [6.07, 6.45) is 4.58. The number of carbonyl (C=O) groups excluding carboxylic acids is 2. The van der Waals surface area contributed by atoms with E-state index in [9.17, 15) is 28.6 Å². The summed E-state index contributed by atoms with van der Waals surface area (Å²) in [5.74, 6) is -1.20. The Morgan fingerprint density at radius 1 is 0.750 bits per heavy atom. The molecule has 4 aromatic rings. The fourth-order valence-corrected chi connectivity index (χ4v) is 4.25. The molecule has 0 saturated carbocycles. The first kappa shape index (κ1) is 27.0. The molecule has 0 aliphatic carbocycles. The number of benzene rings is 2. The van der Waals surface area contributed by atoms with Gasteiger partial charge in [-0.25, -0.2) is 18.1 Å². The van der Waals surface area contributed by atoms with Crippen LogP contribution in [0.5, 0.6) is 11.8 Å². The van der Waals surface area contributed by atoms with E-state index in [-0.39, 0.29) is 45.9 Å². The zero-order valence-electron chi connectivity index (χ0n) is 19.7. The number of halogens is 2. The highest BCUT2D eigenvalue weighted by Crippen LogP contribution is 2.31. The molecule has 0 radical (unpaired) electrons. The van der Waals surface area contributed by atoms with Crippen molar-refractivity contribution in [2.45, 2.75) is 9.79 Å². The molecule has 8 nitrogen and oxygen atoms in total. The fraction of sp³-hybridized carbons (Fsp3) is 0.167. The van der Waals surface area contributed by atoms with E-state index in [2.05, 4.69) is 10.2 Å². The minimum absolute atomic E-state index is 0.0637. The molecule has 188 valence electrons. The van der Waals surface area contributed by atoms with Gasteiger partial charge in [-0.2, -0.15) is 10.2 Å². The average Bonchev–Trinajstić information content (AvgIpc) is 3.33. The molecule has 0 unspecified atom stereocenters. The van der Waals surface area contributed by atoms with Gasteiger partial charge in [0.2, 0.25) is 11.8 Å². The van der Waals surface area contributed by atoms with Gasteiger partial charge in [0.05, 0.1) is 0 Å². The second kappa shape index (κ2) is 11.4. The van der Waals surface area contributed by atoms with Crippen molar-refractivity contribution in [1.82, 2.24) is 19.6 Å². The van der Waals surface area contributed by atoms with E-state index in [0.717, 1.165) is 0 Å². The minimum atomic E-state index is -0.373.